The average Bonchev–Trinajstić information content (AvgIpc) is 3.14. The van der Waals surface area contributed by atoms with Gasteiger partial charge in [-0.2, -0.15) is 0 Å². The van der Waals surface area contributed by atoms with E-state index in [0.29, 0.717) is 6.04 Å². The monoisotopic (exact) mass is 347 g/mol. The summed E-state index contributed by atoms with van der Waals surface area (Å²) in [5.41, 5.74) is 2.52. The predicted octanol–water partition coefficient (Wildman–Crippen LogP) is 3.92. The maximum atomic E-state index is 5.88. The van der Waals surface area contributed by atoms with E-state index in [-0.39, 0.29) is 0 Å². The van der Waals surface area contributed by atoms with Crippen LogP contribution >= 0.6 is 11.8 Å². The first-order valence-electron chi connectivity index (χ1n) is 9.10. The Labute approximate surface area is 150 Å². The Balaban J connectivity index is 1.48. The lowest BCUT2D eigenvalue weighted by atomic mass is 10.1. The van der Waals surface area contributed by atoms with Crippen LogP contribution in [0, 0.1) is 0 Å². The molecule has 3 rings (SSSR count). The first kappa shape index (κ1) is 17.6. The number of thioether (sulfide) groups is 1. The van der Waals surface area contributed by atoms with E-state index in [4.69, 9.17) is 4.84 Å². The van der Waals surface area contributed by atoms with Crippen LogP contribution in [0.5, 0.6) is 0 Å². The van der Waals surface area contributed by atoms with E-state index in [9.17, 15) is 0 Å². The van der Waals surface area contributed by atoms with Gasteiger partial charge in [0.05, 0.1) is 12.2 Å². The van der Waals surface area contributed by atoms with Gasteiger partial charge >= 0.3 is 0 Å². The van der Waals surface area contributed by atoms with Crippen molar-refractivity contribution in [3.63, 3.8) is 0 Å². The molecule has 1 aromatic carbocycles. The lowest BCUT2D eigenvalue weighted by molar-refractivity contribution is -0.132. The number of hydrogen-bond donors (Lipinski definition) is 1. The molecule has 0 aromatic heterocycles. The van der Waals surface area contributed by atoms with Gasteiger partial charge in [0, 0.05) is 24.5 Å². The second-order valence-corrected chi connectivity index (χ2v) is 7.61. The van der Waals surface area contributed by atoms with Crippen LogP contribution < -0.4 is 5.32 Å². The fourth-order valence-corrected chi connectivity index (χ4v) is 4.03. The van der Waals surface area contributed by atoms with Gasteiger partial charge in [-0.25, -0.2) is 0 Å². The zero-order valence-corrected chi connectivity index (χ0v) is 15.6. The summed E-state index contributed by atoms with van der Waals surface area (Å²) in [5.74, 6) is 1.07. The molecule has 1 unspecified atom stereocenters. The van der Waals surface area contributed by atoms with Crippen LogP contribution in [0.15, 0.2) is 35.6 Å². The van der Waals surface area contributed by atoms with Gasteiger partial charge in [-0.3, -0.25) is 0 Å². The van der Waals surface area contributed by atoms with Gasteiger partial charge in [0.2, 0.25) is 0 Å². The standard InChI is InChI=1S/C19H29N3OS/c1-3-22-16(2)15-24-19(23-22)14-20-18-8-6-17(7-9-18)10-13-21-11-4-5-12-21/h6-9,14,16,20H,3-5,10-13,15H2,1-2H3/b19-14+. The van der Waals surface area contributed by atoms with Gasteiger partial charge in [-0.05, 0) is 63.9 Å². The Bertz CT molecular complexity index is 540. The summed E-state index contributed by atoms with van der Waals surface area (Å²) in [6.07, 6.45) is 5.85. The zero-order valence-electron chi connectivity index (χ0n) is 14.8. The summed E-state index contributed by atoms with van der Waals surface area (Å²) >= 11 is 1.76. The highest BCUT2D eigenvalue weighted by Gasteiger charge is 2.22. The highest BCUT2D eigenvalue weighted by atomic mass is 32.2. The van der Waals surface area contributed by atoms with E-state index < -0.39 is 0 Å². The molecule has 0 radical (unpaired) electrons. The minimum atomic E-state index is 0.465. The summed E-state index contributed by atoms with van der Waals surface area (Å²) in [6.45, 7) is 8.97. The van der Waals surface area contributed by atoms with Crippen LogP contribution in [0.2, 0.25) is 0 Å². The predicted molar refractivity (Wildman–Crippen MR) is 103 cm³/mol. The summed E-state index contributed by atoms with van der Waals surface area (Å²) in [5, 5.41) is 6.32. The molecule has 2 aliphatic heterocycles. The number of benzene rings is 1. The van der Waals surface area contributed by atoms with Crippen molar-refractivity contribution in [1.29, 1.82) is 0 Å². The SMILES string of the molecule is CCN1O/C(=C\Nc2ccc(CCN3CCCC3)cc2)SCC1C. The molecule has 1 atom stereocenters. The smallest absolute Gasteiger partial charge is 0.196 e. The van der Waals surface area contributed by atoms with Crippen molar-refractivity contribution >= 4 is 17.4 Å². The first-order chi connectivity index (χ1) is 11.7. The van der Waals surface area contributed by atoms with Gasteiger partial charge in [0.15, 0.2) is 5.09 Å². The van der Waals surface area contributed by atoms with Gasteiger partial charge in [-0.1, -0.05) is 23.9 Å². The molecule has 2 saturated heterocycles. The van der Waals surface area contributed by atoms with Crippen molar-refractivity contribution in [1.82, 2.24) is 9.96 Å². The van der Waals surface area contributed by atoms with E-state index in [2.05, 4.69) is 48.3 Å². The maximum Gasteiger partial charge on any atom is 0.196 e. The van der Waals surface area contributed by atoms with Crippen LogP contribution in [0.4, 0.5) is 5.69 Å². The highest BCUT2D eigenvalue weighted by Crippen LogP contribution is 2.27. The molecule has 0 saturated carbocycles. The summed E-state index contributed by atoms with van der Waals surface area (Å²) in [6, 6.07) is 9.24. The fraction of sp³-hybridized carbons (Fsp3) is 0.579. The second-order valence-electron chi connectivity index (χ2n) is 6.59. The zero-order chi connectivity index (χ0) is 16.8. The Morgan fingerprint density at radius 1 is 1.25 bits per heavy atom. The van der Waals surface area contributed by atoms with Crippen LogP contribution in [-0.2, 0) is 11.3 Å². The number of rotatable bonds is 6. The Kier molecular flexibility index (Phi) is 6.46. The molecule has 24 heavy (non-hydrogen) atoms. The number of likely N-dealkylation sites (tertiary alicyclic amines) is 1. The van der Waals surface area contributed by atoms with Crippen molar-refractivity contribution < 1.29 is 4.84 Å². The van der Waals surface area contributed by atoms with Crippen LogP contribution in [0.3, 0.4) is 0 Å². The third kappa shape index (κ3) is 4.91. The van der Waals surface area contributed by atoms with Crippen LogP contribution in [0.1, 0.15) is 32.3 Å². The highest BCUT2D eigenvalue weighted by molar-refractivity contribution is 8.02. The van der Waals surface area contributed by atoms with Crippen LogP contribution in [0.25, 0.3) is 0 Å². The third-order valence-corrected chi connectivity index (χ3v) is 5.83. The topological polar surface area (TPSA) is 27.7 Å². The number of anilines is 1. The largest absolute Gasteiger partial charge is 0.397 e. The molecule has 0 bridgehead atoms. The van der Waals surface area contributed by atoms with E-state index in [1.54, 1.807) is 11.8 Å². The summed E-state index contributed by atoms with van der Waals surface area (Å²) < 4.78 is 0. The lowest BCUT2D eigenvalue weighted by Crippen LogP contribution is -2.37. The summed E-state index contributed by atoms with van der Waals surface area (Å²) in [4.78, 5) is 8.44. The molecule has 2 heterocycles. The minimum Gasteiger partial charge on any atom is -0.397 e. The fourth-order valence-electron chi connectivity index (χ4n) is 3.17. The molecule has 1 aromatic rings. The van der Waals surface area contributed by atoms with Gasteiger partial charge in [0.1, 0.15) is 0 Å². The van der Waals surface area contributed by atoms with Gasteiger partial charge in [-0.15, -0.1) is 5.06 Å². The van der Waals surface area contributed by atoms with E-state index in [1.807, 2.05) is 11.3 Å². The molecule has 0 spiro atoms. The first-order valence-corrected chi connectivity index (χ1v) is 10.1. The van der Waals surface area contributed by atoms with Gasteiger partial charge in [0.25, 0.3) is 0 Å². The molecule has 4 nitrogen and oxygen atoms in total. The molecular weight excluding hydrogens is 318 g/mol. The number of hydroxylamine groups is 2. The van der Waals surface area contributed by atoms with Crippen molar-refractivity contribution in [2.24, 2.45) is 0 Å². The number of nitrogens with one attached hydrogen (secondary N) is 1. The Morgan fingerprint density at radius 2 is 2.00 bits per heavy atom. The van der Waals surface area contributed by atoms with E-state index >= 15 is 0 Å². The third-order valence-electron chi connectivity index (χ3n) is 4.70. The second kappa shape index (κ2) is 8.79. The molecular formula is C19H29N3OS. The minimum absolute atomic E-state index is 0.465. The number of nitrogens with zero attached hydrogens (tertiary/aromatic N) is 2. The molecule has 0 amide bonds. The average molecular weight is 348 g/mol. The molecule has 5 heteroatoms. The van der Waals surface area contributed by atoms with Crippen molar-refractivity contribution in [2.75, 3.05) is 37.2 Å². The quantitative estimate of drug-likeness (QED) is 0.842. The Hall–Kier alpha value is -1.17. The van der Waals surface area contributed by atoms with Crippen molar-refractivity contribution in [3.8, 4) is 0 Å². The summed E-state index contributed by atoms with van der Waals surface area (Å²) in [7, 11) is 0. The normalized spacial score (nSPS) is 24.2. The molecule has 0 aliphatic carbocycles. The molecule has 132 valence electrons. The lowest BCUT2D eigenvalue weighted by Gasteiger charge is -2.32. The van der Waals surface area contributed by atoms with Crippen molar-refractivity contribution in [2.45, 2.75) is 39.2 Å². The Morgan fingerprint density at radius 3 is 2.71 bits per heavy atom. The number of hydrogen-bond acceptors (Lipinski definition) is 5. The molecule has 1 N–H and O–H groups in total. The van der Waals surface area contributed by atoms with Crippen molar-refractivity contribution in [3.05, 3.63) is 41.1 Å². The maximum absolute atomic E-state index is 5.88. The molecule has 2 aliphatic rings. The van der Waals surface area contributed by atoms with E-state index in [1.165, 1.54) is 38.0 Å². The molecule has 2 fully saturated rings. The van der Waals surface area contributed by atoms with Gasteiger partial charge < -0.3 is 15.1 Å². The van der Waals surface area contributed by atoms with Crippen LogP contribution in [-0.4, -0.2) is 47.9 Å². The van der Waals surface area contributed by atoms with E-state index in [0.717, 1.165) is 29.5 Å².